The lowest BCUT2D eigenvalue weighted by Crippen LogP contribution is -2.22. The van der Waals surface area contributed by atoms with Crippen molar-refractivity contribution in [2.75, 3.05) is 5.32 Å². The molecule has 0 aliphatic heterocycles. The highest BCUT2D eigenvalue weighted by molar-refractivity contribution is 7.14. The van der Waals surface area contributed by atoms with E-state index in [0.29, 0.717) is 10.6 Å². The molecule has 2 aromatic heterocycles. The summed E-state index contributed by atoms with van der Waals surface area (Å²) in [5, 5.41) is 19.4. The molecule has 2 aromatic rings. The normalized spacial score (nSPS) is 11.3. The van der Waals surface area contributed by atoms with E-state index >= 15 is 0 Å². The first-order valence-electron chi connectivity index (χ1n) is 6.73. The van der Waals surface area contributed by atoms with Crippen molar-refractivity contribution in [2.24, 2.45) is 12.5 Å². The van der Waals surface area contributed by atoms with Crippen LogP contribution in [0, 0.1) is 15.5 Å². The van der Waals surface area contributed by atoms with E-state index in [-0.39, 0.29) is 17.2 Å². The number of carbonyl (C=O) groups excluding carboxylic acids is 2. The minimum atomic E-state index is -0.720. The first-order chi connectivity index (χ1) is 10.6. The average Bonchev–Trinajstić information content (AvgIpc) is 3.03. The number of anilines is 1. The number of hydrogen-bond acceptors (Lipinski definition) is 6. The van der Waals surface area contributed by atoms with Crippen LogP contribution in [0.15, 0.2) is 17.6 Å². The van der Waals surface area contributed by atoms with Gasteiger partial charge in [-0.25, -0.2) is 0 Å². The monoisotopic (exact) mass is 336 g/mol. The molecular weight excluding hydrogens is 320 g/mol. The molecule has 0 aromatic carbocycles. The van der Waals surface area contributed by atoms with Crippen LogP contribution in [0.25, 0.3) is 0 Å². The molecule has 2 rings (SSSR count). The third kappa shape index (κ3) is 3.45. The first-order valence-corrected chi connectivity index (χ1v) is 7.61. The van der Waals surface area contributed by atoms with Crippen LogP contribution in [0.4, 0.5) is 10.7 Å². The van der Waals surface area contributed by atoms with Gasteiger partial charge in [0.1, 0.15) is 11.2 Å². The Balaban J connectivity index is 2.31. The molecule has 9 heteroatoms. The predicted molar refractivity (Wildman–Crippen MR) is 85.9 cm³/mol. The summed E-state index contributed by atoms with van der Waals surface area (Å²) in [6.45, 7) is 5.34. The largest absolute Gasteiger partial charge is 0.320 e. The quantitative estimate of drug-likeness (QED) is 0.525. The summed E-state index contributed by atoms with van der Waals surface area (Å²) < 4.78 is 1.20. The van der Waals surface area contributed by atoms with E-state index in [1.54, 1.807) is 32.2 Å². The molecule has 0 bridgehead atoms. The molecule has 1 amide bonds. The number of amides is 1. The molecule has 23 heavy (non-hydrogen) atoms. The average molecular weight is 336 g/mol. The van der Waals surface area contributed by atoms with E-state index in [0.717, 1.165) is 6.20 Å². The third-order valence-electron chi connectivity index (χ3n) is 3.04. The van der Waals surface area contributed by atoms with Gasteiger partial charge in [-0.1, -0.05) is 20.8 Å². The summed E-state index contributed by atoms with van der Waals surface area (Å²) in [5.74, 6) is -0.840. The van der Waals surface area contributed by atoms with Gasteiger partial charge >= 0.3 is 5.69 Å². The maximum atomic E-state index is 12.4. The number of nitrogens with zero attached hydrogens (tertiary/aromatic N) is 3. The first kappa shape index (κ1) is 16.8. The Morgan fingerprint density at radius 1 is 1.39 bits per heavy atom. The number of rotatable bonds is 4. The van der Waals surface area contributed by atoms with Gasteiger partial charge in [-0.05, 0) is 11.4 Å². The third-order valence-corrected chi connectivity index (χ3v) is 3.87. The Morgan fingerprint density at radius 2 is 2.04 bits per heavy atom. The summed E-state index contributed by atoms with van der Waals surface area (Å²) in [7, 11) is 1.49. The van der Waals surface area contributed by atoms with Gasteiger partial charge in [-0.2, -0.15) is 5.10 Å². The zero-order valence-corrected chi connectivity index (χ0v) is 13.9. The zero-order chi connectivity index (χ0) is 17.4. The summed E-state index contributed by atoms with van der Waals surface area (Å²) in [4.78, 5) is 35.0. The van der Waals surface area contributed by atoms with Crippen LogP contribution < -0.4 is 5.32 Å². The molecular formula is C14H16N4O4S. The molecule has 0 radical (unpaired) electrons. The molecule has 0 atom stereocenters. The molecule has 8 nitrogen and oxygen atoms in total. The van der Waals surface area contributed by atoms with Gasteiger partial charge in [-0.15, -0.1) is 11.3 Å². The lowest BCUT2D eigenvalue weighted by Gasteiger charge is -2.16. The number of aromatic nitrogens is 2. The Hall–Kier alpha value is -2.55. The fourth-order valence-corrected chi connectivity index (χ4v) is 2.70. The summed E-state index contributed by atoms with van der Waals surface area (Å²) >= 11 is 1.18. The second-order valence-electron chi connectivity index (χ2n) is 5.99. The summed E-state index contributed by atoms with van der Waals surface area (Å²) in [6, 6.07) is 1.63. The molecule has 0 aliphatic rings. The molecule has 0 fully saturated rings. The molecule has 1 N–H and O–H groups in total. The van der Waals surface area contributed by atoms with Gasteiger partial charge in [0.2, 0.25) is 5.69 Å². The van der Waals surface area contributed by atoms with E-state index in [2.05, 4.69) is 10.4 Å². The minimum absolute atomic E-state index is 0.121. The molecule has 2 heterocycles. The Morgan fingerprint density at radius 3 is 2.61 bits per heavy atom. The number of ketones is 1. The number of nitro groups is 1. The van der Waals surface area contributed by atoms with Crippen molar-refractivity contribution < 1.29 is 14.5 Å². The van der Waals surface area contributed by atoms with Crippen LogP contribution in [-0.4, -0.2) is 26.4 Å². The predicted octanol–water partition coefficient (Wildman–Crippen LogP) is 2.87. The van der Waals surface area contributed by atoms with Gasteiger partial charge in [-0.3, -0.25) is 24.4 Å². The minimum Gasteiger partial charge on any atom is -0.311 e. The van der Waals surface area contributed by atoms with Crippen molar-refractivity contribution in [2.45, 2.75) is 20.8 Å². The number of hydrogen-bond donors (Lipinski definition) is 1. The van der Waals surface area contributed by atoms with Gasteiger partial charge in [0.05, 0.1) is 10.5 Å². The van der Waals surface area contributed by atoms with Crippen molar-refractivity contribution >= 4 is 33.7 Å². The van der Waals surface area contributed by atoms with Crippen LogP contribution >= 0.6 is 11.3 Å². The number of aryl methyl sites for hydroxylation is 1. The van der Waals surface area contributed by atoms with Gasteiger partial charge < -0.3 is 5.32 Å². The highest BCUT2D eigenvalue weighted by Gasteiger charge is 2.29. The fourth-order valence-electron chi connectivity index (χ4n) is 1.92. The topological polar surface area (TPSA) is 107 Å². The maximum Gasteiger partial charge on any atom is 0.320 e. The van der Waals surface area contributed by atoms with Crippen molar-refractivity contribution in [3.8, 4) is 0 Å². The smallest absolute Gasteiger partial charge is 0.311 e. The molecule has 122 valence electrons. The van der Waals surface area contributed by atoms with E-state index in [9.17, 15) is 19.7 Å². The van der Waals surface area contributed by atoms with Gasteiger partial charge in [0, 0.05) is 12.5 Å². The van der Waals surface area contributed by atoms with Crippen LogP contribution in [0.2, 0.25) is 0 Å². The van der Waals surface area contributed by atoms with Crippen molar-refractivity contribution in [1.29, 1.82) is 0 Å². The summed E-state index contributed by atoms with van der Waals surface area (Å²) in [5.41, 5.74) is -0.892. The number of Topliss-reactive ketones (excluding diaryl/α,β-unsaturated/α-hetero) is 1. The molecule has 0 unspecified atom stereocenters. The standard InChI is InChI=1S/C14H16N4O4S/c1-14(2,3)11(19)8-5-6-23-13(8)15-12(20)10-9(18(21)22)7-17(4)16-10/h5-7H,1-4H3,(H,15,20). The van der Waals surface area contributed by atoms with E-state index in [1.807, 2.05) is 0 Å². The summed E-state index contributed by atoms with van der Waals surface area (Å²) in [6.07, 6.45) is 1.16. The molecule has 0 saturated heterocycles. The Kier molecular flexibility index (Phi) is 4.33. The molecule has 0 saturated carbocycles. The van der Waals surface area contributed by atoms with Gasteiger partial charge in [0.25, 0.3) is 5.91 Å². The second-order valence-corrected chi connectivity index (χ2v) is 6.91. The van der Waals surface area contributed by atoms with Crippen LogP contribution in [0.1, 0.15) is 41.6 Å². The molecule has 0 spiro atoms. The van der Waals surface area contributed by atoms with Gasteiger partial charge in [0.15, 0.2) is 5.78 Å². The zero-order valence-electron chi connectivity index (χ0n) is 13.1. The number of carbonyl (C=O) groups is 2. The van der Waals surface area contributed by atoms with Crippen molar-refractivity contribution in [3.05, 3.63) is 39.0 Å². The van der Waals surface area contributed by atoms with Crippen molar-refractivity contribution in [1.82, 2.24) is 9.78 Å². The lowest BCUT2D eigenvalue weighted by atomic mass is 9.87. The number of thiophene rings is 1. The highest BCUT2D eigenvalue weighted by atomic mass is 32.1. The fraction of sp³-hybridized carbons (Fsp3) is 0.357. The van der Waals surface area contributed by atoms with Crippen LogP contribution in [0.5, 0.6) is 0 Å². The maximum absolute atomic E-state index is 12.4. The number of nitrogens with one attached hydrogen (secondary N) is 1. The Labute approximate surface area is 136 Å². The lowest BCUT2D eigenvalue weighted by molar-refractivity contribution is -0.385. The second kappa shape index (κ2) is 5.92. The SMILES string of the molecule is Cn1cc([N+](=O)[O-])c(C(=O)Nc2sccc2C(=O)C(C)(C)C)n1. The van der Waals surface area contributed by atoms with Crippen molar-refractivity contribution in [3.63, 3.8) is 0 Å². The van der Waals surface area contributed by atoms with Crippen LogP contribution in [-0.2, 0) is 7.05 Å². The Bertz CT molecular complexity index is 785. The van der Waals surface area contributed by atoms with Crippen LogP contribution in [0.3, 0.4) is 0 Å². The van der Waals surface area contributed by atoms with E-state index in [4.69, 9.17) is 0 Å². The highest BCUT2D eigenvalue weighted by Crippen LogP contribution is 2.31. The molecule has 0 aliphatic carbocycles. The van der Waals surface area contributed by atoms with E-state index in [1.165, 1.54) is 23.1 Å². The van der Waals surface area contributed by atoms with E-state index < -0.39 is 16.2 Å².